The third-order valence-electron chi connectivity index (χ3n) is 3.44. The van der Waals surface area contributed by atoms with Gasteiger partial charge in [0.2, 0.25) is 5.89 Å². The molecule has 1 heterocycles. The van der Waals surface area contributed by atoms with Crippen molar-refractivity contribution in [2.24, 2.45) is 4.99 Å². The summed E-state index contributed by atoms with van der Waals surface area (Å²) >= 11 is 0. The molecule has 0 aliphatic rings. The molecular weight excluding hydrogens is 360 g/mol. The number of halogens is 2. The number of hydrogen-bond acceptors (Lipinski definition) is 6. The average molecular weight is 383 g/mol. The Kier molecular flexibility index (Phi) is 7.78. The average Bonchev–Trinajstić information content (AvgIpc) is 3.05. The highest BCUT2D eigenvalue weighted by Crippen LogP contribution is 2.26. The first-order valence-corrected chi connectivity index (χ1v) is 8.45. The van der Waals surface area contributed by atoms with Gasteiger partial charge in [-0.1, -0.05) is 5.16 Å². The van der Waals surface area contributed by atoms with E-state index < -0.39 is 6.61 Å². The number of guanidine groups is 1. The fourth-order valence-electron chi connectivity index (χ4n) is 2.25. The Morgan fingerprint density at radius 3 is 2.78 bits per heavy atom. The minimum Gasteiger partial charge on any atom is -0.497 e. The zero-order chi connectivity index (χ0) is 19.6. The van der Waals surface area contributed by atoms with Crippen LogP contribution in [0.15, 0.2) is 27.7 Å². The SMILES string of the molecule is CCNC(=NCc1cc(OC)ccc1OC(F)F)NCCc1nc(C)no1. The summed E-state index contributed by atoms with van der Waals surface area (Å²) in [6, 6.07) is 4.61. The molecule has 8 nitrogen and oxygen atoms in total. The van der Waals surface area contributed by atoms with Gasteiger partial charge < -0.3 is 24.6 Å². The largest absolute Gasteiger partial charge is 0.497 e. The molecule has 0 bridgehead atoms. The van der Waals surface area contributed by atoms with Gasteiger partial charge in [0.05, 0.1) is 13.7 Å². The third-order valence-corrected chi connectivity index (χ3v) is 3.44. The molecule has 0 aliphatic carbocycles. The van der Waals surface area contributed by atoms with E-state index in [1.54, 1.807) is 19.1 Å². The maximum Gasteiger partial charge on any atom is 0.387 e. The zero-order valence-corrected chi connectivity index (χ0v) is 15.5. The van der Waals surface area contributed by atoms with Gasteiger partial charge in [-0.2, -0.15) is 13.8 Å². The molecule has 0 saturated heterocycles. The molecule has 0 unspecified atom stereocenters. The second-order valence-electron chi connectivity index (χ2n) is 5.46. The number of aromatic nitrogens is 2. The van der Waals surface area contributed by atoms with Crippen molar-refractivity contribution in [3.63, 3.8) is 0 Å². The van der Waals surface area contributed by atoms with Gasteiger partial charge >= 0.3 is 6.61 Å². The Balaban J connectivity index is 2.03. The molecule has 2 N–H and O–H groups in total. The van der Waals surface area contributed by atoms with E-state index in [9.17, 15) is 8.78 Å². The van der Waals surface area contributed by atoms with E-state index >= 15 is 0 Å². The molecule has 1 aromatic heterocycles. The quantitative estimate of drug-likeness (QED) is 0.507. The monoisotopic (exact) mass is 383 g/mol. The van der Waals surface area contributed by atoms with Gasteiger partial charge in [0, 0.05) is 25.1 Å². The van der Waals surface area contributed by atoms with E-state index in [1.165, 1.54) is 13.2 Å². The van der Waals surface area contributed by atoms with Crippen molar-refractivity contribution in [2.45, 2.75) is 33.4 Å². The molecule has 148 valence electrons. The van der Waals surface area contributed by atoms with Crippen molar-refractivity contribution in [2.75, 3.05) is 20.2 Å². The van der Waals surface area contributed by atoms with E-state index in [0.717, 1.165) is 0 Å². The Morgan fingerprint density at radius 2 is 2.15 bits per heavy atom. The highest BCUT2D eigenvalue weighted by atomic mass is 19.3. The van der Waals surface area contributed by atoms with Crippen LogP contribution in [0.1, 0.15) is 24.2 Å². The summed E-state index contributed by atoms with van der Waals surface area (Å²) in [4.78, 5) is 8.54. The van der Waals surface area contributed by atoms with Crippen LogP contribution in [0.2, 0.25) is 0 Å². The van der Waals surface area contributed by atoms with Gasteiger partial charge in [-0.25, -0.2) is 4.99 Å². The number of hydrogen-bond donors (Lipinski definition) is 2. The van der Waals surface area contributed by atoms with Crippen molar-refractivity contribution in [1.29, 1.82) is 0 Å². The Labute approximate surface area is 156 Å². The van der Waals surface area contributed by atoms with E-state index in [-0.39, 0.29) is 12.3 Å². The molecule has 27 heavy (non-hydrogen) atoms. The van der Waals surface area contributed by atoms with Crippen LogP contribution in [0.5, 0.6) is 11.5 Å². The third kappa shape index (κ3) is 6.72. The molecule has 0 atom stereocenters. The number of methoxy groups -OCH3 is 1. The summed E-state index contributed by atoms with van der Waals surface area (Å²) in [5.74, 6) is 2.23. The van der Waals surface area contributed by atoms with Crippen LogP contribution in [0.3, 0.4) is 0 Å². The van der Waals surface area contributed by atoms with Gasteiger partial charge in [-0.15, -0.1) is 0 Å². The first-order chi connectivity index (χ1) is 13.0. The van der Waals surface area contributed by atoms with Crippen LogP contribution < -0.4 is 20.1 Å². The summed E-state index contributed by atoms with van der Waals surface area (Å²) in [6.45, 7) is 2.06. The number of alkyl halides is 2. The van der Waals surface area contributed by atoms with Crippen molar-refractivity contribution < 1.29 is 22.8 Å². The molecule has 0 spiro atoms. The highest BCUT2D eigenvalue weighted by molar-refractivity contribution is 5.79. The Morgan fingerprint density at radius 1 is 1.33 bits per heavy atom. The Hall–Kier alpha value is -2.91. The second-order valence-corrected chi connectivity index (χ2v) is 5.46. The number of aryl methyl sites for hydroxylation is 1. The molecule has 0 aliphatic heterocycles. The molecule has 2 aromatic rings. The Bertz CT molecular complexity index is 752. The van der Waals surface area contributed by atoms with E-state index in [4.69, 9.17) is 9.26 Å². The van der Waals surface area contributed by atoms with Crippen molar-refractivity contribution in [3.8, 4) is 11.5 Å². The standard InChI is InChI=1S/C17H23F2N5O3/c1-4-20-17(21-8-7-15-23-11(2)24-27-15)22-10-12-9-13(25-3)5-6-14(12)26-16(18)19/h5-6,9,16H,4,7-8,10H2,1-3H3,(H2,20,21,22). The van der Waals surface area contributed by atoms with Gasteiger partial charge in [0.15, 0.2) is 11.8 Å². The van der Waals surface area contributed by atoms with Crippen LogP contribution in [0, 0.1) is 6.92 Å². The molecule has 2 rings (SSSR count). The molecular formula is C17H23F2N5O3. The number of ether oxygens (including phenoxy) is 2. The van der Waals surface area contributed by atoms with Crippen molar-refractivity contribution in [3.05, 3.63) is 35.5 Å². The lowest BCUT2D eigenvalue weighted by Crippen LogP contribution is -2.38. The number of aliphatic imine (C=N–C) groups is 1. The number of nitrogens with one attached hydrogen (secondary N) is 2. The number of nitrogens with zero attached hydrogens (tertiary/aromatic N) is 3. The first-order valence-electron chi connectivity index (χ1n) is 8.45. The smallest absolute Gasteiger partial charge is 0.387 e. The lowest BCUT2D eigenvalue weighted by molar-refractivity contribution is -0.0504. The minimum atomic E-state index is -2.91. The van der Waals surface area contributed by atoms with Crippen LogP contribution >= 0.6 is 0 Å². The molecule has 0 saturated carbocycles. The lowest BCUT2D eigenvalue weighted by Gasteiger charge is -2.13. The summed E-state index contributed by atoms with van der Waals surface area (Å²) < 4.78 is 39.9. The number of benzene rings is 1. The maximum atomic E-state index is 12.6. The van der Waals surface area contributed by atoms with Gasteiger partial charge in [-0.05, 0) is 32.0 Å². The summed E-state index contributed by atoms with van der Waals surface area (Å²) in [6.07, 6.45) is 0.532. The predicted octanol–water partition coefficient (Wildman–Crippen LogP) is 2.29. The van der Waals surface area contributed by atoms with Crippen molar-refractivity contribution >= 4 is 5.96 Å². The van der Waals surface area contributed by atoms with Gasteiger partial charge in [-0.3, -0.25) is 0 Å². The van der Waals surface area contributed by atoms with E-state index in [2.05, 4.69) is 30.5 Å². The topological polar surface area (TPSA) is 93.8 Å². The zero-order valence-electron chi connectivity index (χ0n) is 15.5. The maximum absolute atomic E-state index is 12.6. The highest BCUT2D eigenvalue weighted by Gasteiger charge is 2.11. The van der Waals surface area contributed by atoms with Crippen LogP contribution in [-0.2, 0) is 13.0 Å². The molecule has 0 amide bonds. The van der Waals surface area contributed by atoms with Gasteiger partial charge in [0.1, 0.15) is 11.5 Å². The minimum absolute atomic E-state index is 0.0618. The van der Waals surface area contributed by atoms with Crippen LogP contribution in [-0.4, -0.2) is 42.9 Å². The van der Waals surface area contributed by atoms with E-state index in [1.807, 2.05) is 6.92 Å². The lowest BCUT2D eigenvalue weighted by atomic mass is 10.2. The first kappa shape index (κ1) is 20.4. The second kappa shape index (κ2) is 10.3. The van der Waals surface area contributed by atoms with Crippen LogP contribution in [0.25, 0.3) is 0 Å². The molecule has 1 aromatic carbocycles. The summed E-state index contributed by atoms with van der Waals surface area (Å²) in [5, 5.41) is 9.94. The fraction of sp³-hybridized carbons (Fsp3) is 0.471. The summed E-state index contributed by atoms with van der Waals surface area (Å²) in [5.41, 5.74) is 0.486. The molecule has 0 radical (unpaired) electrons. The number of rotatable bonds is 9. The molecule has 10 heteroatoms. The fourth-order valence-corrected chi connectivity index (χ4v) is 2.25. The van der Waals surface area contributed by atoms with Crippen molar-refractivity contribution in [1.82, 2.24) is 20.8 Å². The molecule has 0 fully saturated rings. The van der Waals surface area contributed by atoms with Crippen LogP contribution in [0.4, 0.5) is 8.78 Å². The van der Waals surface area contributed by atoms with E-state index in [0.29, 0.717) is 48.5 Å². The normalized spacial score (nSPS) is 11.6. The van der Waals surface area contributed by atoms with Gasteiger partial charge in [0.25, 0.3) is 0 Å². The predicted molar refractivity (Wildman–Crippen MR) is 95.2 cm³/mol. The summed E-state index contributed by atoms with van der Waals surface area (Å²) in [7, 11) is 1.50.